The van der Waals surface area contributed by atoms with Crippen LogP contribution in [0.4, 0.5) is 4.79 Å². The minimum atomic E-state index is -0.466. The Kier molecular flexibility index (Phi) is 4.93. The minimum Gasteiger partial charge on any atom is -0.467 e. The summed E-state index contributed by atoms with van der Waals surface area (Å²) in [6.07, 6.45) is 3.21. The van der Waals surface area contributed by atoms with Gasteiger partial charge in [-0.1, -0.05) is 0 Å². The van der Waals surface area contributed by atoms with E-state index >= 15 is 0 Å². The van der Waals surface area contributed by atoms with Crippen LogP contribution in [0.2, 0.25) is 0 Å². The van der Waals surface area contributed by atoms with Crippen molar-refractivity contribution in [2.24, 2.45) is 0 Å². The Hall–Kier alpha value is -1.49. The van der Waals surface area contributed by atoms with E-state index in [1.165, 1.54) is 0 Å². The average Bonchev–Trinajstić information content (AvgIpc) is 3.04. The van der Waals surface area contributed by atoms with Crippen LogP contribution in [0.25, 0.3) is 0 Å². The highest BCUT2D eigenvalue weighted by Gasteiger charge is 2.32. The molecule has 1 aliphatic rings. The maximum absolute atomic E-state index is 12.2. The first kappa shape index (κ1) is 15.9. The van der Waals surface area contributed by atoms with Crippen LogP contribution in [-0.4, -0.2) is 35.8 Å². The first-order valence-corrected chi connectivity index (χ1v) is 7.51. The van der Waals surface area contributed by atoms with Gasteiger partial charge in [-0.05, 0) is 52.7 Å². The number of nitrogens with zero attached hydrogens (tertiary/aromatic N) is 1. The lowest BCUT2D eigenvalue weighted by atomic mass is 10.2. The minimum absolute atomic E-state index is 0.0808. The van der Waals surface area contributed by atoms with Crippen LogP contribution >= 0.6 is 0 Å². The van der Waals surface area contributed by atoms with E-state index in [4.69, 9.17) is 13.9 Å². The molecule has 0 saturated carbocycles. The van der Waals surface area contributed by atoms with E-state index in [0.29, 0.717) is 6.61 Å². The molecular formula is C16H25NO4. The third kappa shape index (κ3) is 4.49. The van der Waals surface area contributed by atoms with E-state index in [-0.39, 0.29) is 18.2 Å². The van der Waals surface area contributed by atoms with Gasteiger partial charge >= 0.3 is 6.09 Å². The number of carbonyl (C=O) groups is 1. The Morgan fingerprint density at radius 2 is 2.29 bits per heavy atom. The summed E-state index contributed by atoms with van der Waals surface area (Å²) < 4.78 is 16.6. The van der Waals surface area contributed by atoms with Crippen LogP contribution in [0.3, 0.4) is 0 Å². The van der Waals surface area contributed by atoms with Crippen molar-refractivity contribution in [3.05, 3.63) is 24.2 Å². The Morgan fingerprint density at radius 1 is 1.52 bits per heavy atom. The molecule has 0 aromatic carbocycles. The van der Waals surface area contributed by atoms with Crippen molar-refractivity contribution in [1.29, 1.82) is 0 Å². The summed E-state index contributed by atoms with van der Waals surface area (Å²) in [7, 11) is 0. The van der Waals surface area contributed by atoms with Gasteiger partial charge in [-0.2, -0.15) is 0 Å². The Bertz CT molecular complexity index is 449. The van der Waals surface area contributed by atoms with Crippen LogP contribution < -0.4 is 0 Å². The van der Waals surface area contributed by atoms with Gasteiger partial charge in [-0.3, -0.25) is 0 Å². The lowest BCUT2D eigenvalue weighted by Gasteiger charge is -2.29. The third-order valence-corrected chi connectivity index (χ3v) is 3.49. The number of likely N-dealkylation sites (tertiary alicyclic amines) is 1. The fourth-order valence-corrected chi connectivity index (χ4v) is 2.43. The van der Waals surface area contributed by atoms with Crippen molar-refractivity contribution in [2.75, 3.05) is 13.2 Å². The number of amides is 1. The zero-order valence-electron chi connectivity index (χ0n) is 13.3. The SMILES string of the molecule is C[C@@H](OC[C@H]1CCCN1C(=O)OC(C)(C)C)c1ccco1. The molecule has 1 aromatic heterocycles. The largest absolute Gasteiger partial charge is 0.467 e. The molecule has 0 unspecified atom stereocenters. The molecule has 0 N–H and O–H groups in total. The molecule has 1 fully saturated rings. The van der Waals surface area contributed by atoms with Crippen molar-refractivity contribution < 1.29 is 18.7 Å². The third-order valence-electron chi connectivity index (χ3n) is 3.49. The van der Waals surface area contributed by atoms with Gasteiger partial charge in [0.2, 0.25) is 0 Å². The van der Waals surface area contributed by atoms with Crippen molar-refractivity contribution in [2.45, 2.75) is 58.3 Å². The number of rotatable bonds is 4. The molecule has 2 rings (SSSR count). The number of hydrogen-bond acceptors (Lipinski definition) is 4. The number of ether oxygens (including phenoxy) is 2. The number of hydrogen-bond donors (Lipinski definition) is 0. The molecule has 0 aliphatic carbocycles. The van der Waals surface area contributed by atoms with E-state index in [1.54, 1.807) is 11.2 Å². The van der Waals surface area contributed by atoms with Crippen LogP contribution in [0, 0.1) is 0 Å². The average molecular weight is 295 g/mol. The summed E-state index contributed by atoms with van der Waals surface area (Å²) in [5.74, 6) is 0.803. The topological polar surface area (TPSA) is 51.9 Å². The van der Waals surface area contributed by atoms with Gasteiger partial charge in [0.25, 0.3) is 0 Å². The Labute approximate surface area is 126 Å². The molecule has 2 heterocycles. The van der Waals surface area contributed by atoms with Crippen molar-refractivity contribution >= 4 is 6.09 Å². The standard InChI is InChI=1S/C16H25NO4/c1-12(14-8-6-10-19-14)20-11-13-7-5-9-17(13)15(18)21-16(2,3)4/h6,8,10,12-13H,5,7,9,11H2,1-4H3/t12-,13-/m1/s1. The van der Waals surface area contributed by atoms with Gasteiger partial charge in [0, 0.05) is 6.54 Å². The molecule has 21 heavy (non-hydrogen) atoms. The summed E-state index contributed by atoms with van der Waals surface area (Å²) in [5, 5.41) is 0. The fraction of sp³-hybridized carbons (Fsp3) is 0.688. The first-order valence-electron chi connectivity index (χ1n) is 7.51. The van der Waals surface area contributed by atoms with Gasteiger partial charge < -0.3 is 18.8 Å². The Balaban J connectivity index is 1.86. The van der Waals surface area contributed by atoms with E-state index in [9.17, 15) is 4.79 Å². The normalized spacial score (nSPS) is 20.6. The Morgan fingerprint density at radius 3 is 2.90 bits per heavy atom. The summed E-state index contributed by atoms with van der Waals surface area (Å²) in [4.78, 5) is 14.0. The number of carbonyl (C=O) groups excluding carboxylic acids is 1. The molecule has 0 spiro atoms. The second-order valence-electron chi connectivity index (χ2n) is 6.46. The smallest absolute Gasteiger partial charge is 0.410 e. The highest BCUT2D eigenvalue weighted by molar-refractivity contribution is 5.68. The molecule has 2 atom stereocenters. The zero-order chi connectivity index (χ0) is 15.5. The van der Waals surface area contributed by atoms with Gasteiger partial charge in [0.15, 0.2) is 0 Å². The van der Waals surface area contributed by atoms with Gasteiger partial charge in [0.1, 0.15) is 17.5 Å². The zero-order valence-corrected chi connectivity index (χ0v) is 13.3. The second kappa shape index (κ2) is 6.52. The van der Waals surface area contributed by atoms with E-state index < -0.39 is 5.60 Å². The van der Waals surface area contributed by atoms with Crippen molar-refractivity contribution in [3.8, 4) is 0 Å². The molecule has 5 heteroatoms. The van der Waals surface area contributed by atoms with Crippen molar-refractivity contribution in [3.63, 3.8) is 0 Å². The lowest BCUT2D eigenvalue weighted by Crippen LogP contribution is -2.41. The molecule has 0 radical (unpaired) electrons. The van der Waals surface area contributed by atoms with Gasteiger partial charge in [-0.15, -0.1) is 0 Å². The monoisotopic (exact) mass is 295 g/mol. The maximum atomic E-state index is 12.2. The molecule has 0 bridgehead atoms. The molecule has 1 aliphatic heterocycles. The summed E-state index contributed by atoms with van der Waals surface area (Å²) >= 11 is 0. The van der Waals surface area contributed by atoms with E-state index in [2.05, 4.69) is 0 Å². The van der Waals surface area contributed by atoms with Gasteiger partial charge in [0.05, 0.1) is 18.9 Å². The van der Waals surface area contributed by atoms with E-state index in [0.717, 1.165) is 25.1 Å². The maximum Gasteiger partial charge on any atom is 0.410 e. The van der Waals surface area contributed by atoms with E-state index in [1.807, 2.05) is 39.8 Å². The van der Waals surface area contributed by atoms with Crippen LogP contribution in [0.1, 0.15) is 52.4 Å². The highest BCUT2D eigenvalue weighted by Crippen LogP contribution is 2.24. The molecule has 1 saturated heterocycles. The lowest BCUT2D eigenvalue weighted by molar-refractivity contribution is -0.00591. The fourth-order valence-electron chi connectivity index (χ4n) is 2.43. The highest BCUT2D eigenvalue weighted by atomic mass is 16.6. The predicted molar refractivity (Wildman–Crippen MR) is 79.0 cm³/mol. The first-order chi connectivity index (χ1) is 9.87. The summed E-state index contributed by atoms with van der Waals surface area (Å²) in [6, 6.07) is 3.82. The molecular weight excluding hydrogens is 270 g/mol. The molecule has 1 amide bonds. The summed E-state index contributed by atoms with van der Waals surface area (Å²) in [5.41, 5.74) is -0.466. The summed E-state index contributed by atoms with van der Waals surface area (Å²) in [6.45, 7) is 8.83. The van der Waals surface area contributed by atoms with Crippen molar-refractivity contribution in [1.82, 2.24) is 4.90 Å². The quantitative estimate of drug-likeness (QED) is 0.848. The number of furan rings is 1. The molecule has 5 nitrogen and oxygen atoms in total. The van der Waals surface area contributed by atoms with Crippen LogP contribution in [0.15, 0.2) is 22.8 Å². The molecule has 118 valence electrons. The predicted octanol–water partition coefficient (Wildman–Crippen LogP) is 3.76. The van der Waals surface area contributed by atoms with Crippen LogP contribution in [0.5, 0.6) is 0 Å². The second-order valence-corrected chi connectivity index (χ2v) is 6.46. The van der Waals surface area contributed by atoms with Gasteiger partial charge in [-0.25, -0.2) is 4.79 Å². The van der Waals surface area contributed by atoms with Crippen LogP contribution in [-0.2, 0) is 9.47 Å². The molecule has 1 aromatic rings.